The molecule has 17 heavy (non-hydrogen) atoms. The van der Waals surface area contributed by atoms with Crippen molar-refractivity contribution in [3.8, 4) is 0 Å². The Kier molecular flexibility index (Phi) is 4.20. The van der Waals surface area contributed by atoms with Gasteiger partial charge in [-0.05, 0) is 41.1 Å². The number of nitrogens with two attached hydrogens (primary N) is 1. The van der Waals surface area contributed by atoms with Crippen molar-refractivity contribution >= 4 is 27.7 Å². The van der Waals surface area contributed by atoms with Gasteiger partial charge in [-0.3, -0.25) is 0 Å². The molecule has 0 fully saturated rings. The molecule has 0 spiro atoms. The third-order valence-electron chi connectivity index (χ3n) is 2.33. The van der Waals surface area contributed by atoms with Crippen molar-refractivity contribution in [2.24, 2.45) is 5.73 Å². The molecule has 2 nitrogen and oxygen atoms in total. The summed E-state index contributed by atoms with van der Waals surface area (Å²) in [7, 11) is 0. The van der Waals surface area contributed by atoms with Crippen LogP contribution in [0.5, 0.6) is 0 Å². The molecule has 1 atom stereocenters. The van der Waals surface area contributed by atoms with E-state index in [-0.39, 0.29) is 6.04 Å². The number of hydrogen-bond acceptors (Lipinski definition) is 3. The van der Waals surface area contributed by atoms with E-state index in [1.165, 1.54) is 0 Å². The predicted octanol–water partition coefficient (Wildman–Crippen LogP) is 4.02. The van der Waals surface area contributed by atoms with Crippen molar-refractivity contribution < 1.29 is 0 Å². The van der Waals surface area contributed by atoms with Gasteiger partial charge in [-0.25, -0.2) is 4.98 Å². The van der Waals surface area contributed by atoms with Gasteiger partial charge >= 0.3 is 0 Å². The summed E-state index contributed by atoms with van der Waals surface area (Å²) in [5.41, 5.74) is 7.02. The van der Waals surface area contributed by atoms with Gasteiger partial charge in [-0.1, -0.05) is 30.0 Å². The van der Waals surface area contributed by atoms with Crippen molar-refractivity contribution in [2.45, 2.75) is 22.9 Å². The lowest BCUT2D eigenvalue weighted by Crippen LogP contribution is -2.07. The predicted molar refractivity (Wildman–Crippen MR) is 75.1 cm³/mol. The molecule has 2 aromatic rings. The van der Waals surface area contributed by atoms with Crippen LogP contribution in [0.2, 0.25) is 0 Å². The molecule has 0 unspecified atom stereocenters. The zero-order chi connectivity index (χ0) is 12.3. The number of benzene rings is 1. The minimum absolute atomic E-state index is 0.00584. The fraction of sp³-hybridized carbons (Fsp3) is 0.154. The molecule has 0 saturated heterocycles. The van der Waals surface area contributed by atoms with Crippen LogP contribution in [0.3, 0.4) is 0 Å². The Morgan fingerprint density at radius 2 is 2.00 bits per heavy atom. The van der Waals surface area contributed by atoms with Gasteiger partial charge in [-0.15, -0.1) is 0 Å². The van der Waals surface area contributed by atoms with Gasteiger partial charge in [-0.2, -0.15) is 0 Å². The van der Waals surface area contributed by atoms with Crippen LogP contribution in [0, 0.1) is 0 Å². The maximum atomic E-state index is 5.94. The minimum atomic E-state index is -0.00584. The molecular weight excluding hydrogens is 296 g/mol. The number of pyridine rings is 1. The summed E-state index contributed by atoms with van der Waals surface area (Å²) in [6, 6.07) is 12.0. The average Bonchev–Trinajstić information content (AvgIpc) is 2.32. The number of rotatable bonds is 3. The van der Waals surface area contributed by atoms with Crippen LogP contribution in [-0.2, 0) is 0 Å². The van der Waals surface area contributed by atoms with E-state index in [1.54, 1.807) is 18.0 Å². The number of halogens is 1. The highest BCUT2D eigenvalue weighted by molar-refractivity contribution is 9.10. The Bertz CT molecular complexity index is 514. The molecule has 2 rings (SSSR count). The molecule has 1 aromatic heterocycles. The lowest BCUT2D eigenvalue weighted by atomic mass is 10.2. The molecule has 88 valence electrons. The van der Waals surface area contributed by atoms with E-state index < -0.39 is 0 Å². The number of hydrogen-bond donors (Lipinski definition) is 1. The molecule has 0 saturated carbocycles. The van der Waals surface area contributed by atoms with Gasteiger partial charge in [0.25, 0.3) is 0 Å². The monoisotopic (exact) mass is 308 g/mol. The van der Waals surface area contributed by atoms with E-state index in [0.29, 0.717) is 0 Å². The van der Waals surface area contributed by atoms with Crippen LogP contribution in [0.4, 0.5) is 0 Å². The van der Waals surface area contributed by atoms with Gasteiger partial charge in [0.15, 0.2) is 0 Å². The highest BCUT2D eigenvalue weighted by atomic mass is 79.9. The first-order valence-corrected chi connectivity index (χ1v) is 6.92. The first-order valence-electron chi connectivity index (χ1n) is 5.31. The molecule has 0 bridgehead atoms. The first-order chi connectivity index (χ1) is 8.18. The second kappa shape index (κ2) is 5.67. The van der Waals surface area contributed by atoms with Gasteiger partial charge in [0.1, 0.15) is 5.03 Å². The van der Waals surface area contributed by atoms with Crippen LogP contribution >= 0.6 is 27.7 Å². The molecule has 0 amide bonds. The minimum Gasteiger partial charge on any atom is -0.324 e. The summed E-state index contributed by atoms with van der Waals surface area (Å²) in [4.78, 5) is 5.54. The van der Waals surface area contributed by atoms with E-state index in [2.05, 4.69) is 27.0 Å². The molecule has 0 aliphatic rings. The second-order valence-electron chi connectivity index (χ2n) is 3.72. The normalized spacial score (nSPS) is 12.4. The third kappa shape index (κ3) is 3.09. The highest BCUT2D eigenvalue weighted by Crippen LogP contribution is 2.34. The van der Waals surface area contributed by atoms with Crippen LogP contribution in [0.15, 0.2) is 57.0 Å². The molecular formula is C13H13BrN2S. The van der Waals surface area contributed by atoms with Crippen LogP contribution < -0.4 is 5.73 Å². The van der Waals surface area contributed by atoms with E-state index in [4.69, 9.17) is 5.73 Å². The summed E-state index contributed by atoms with van der Waals surface area (Å²) < 4.78 is 1.08. The molecule has 4 heteroatoms. The SMILES string of the molecule is C[C@@H](N)c1cccnc1Sc1ccccc1Br. The fourth-order valence-electron chi connectivity index (χ4n) is 1.47. The average molecular weight is 309 g/mol. The Morgan fingerprint density at radius 3 is 2.71 bits per heavy atom. The van der Waals surface area contributed by atoms with E-state index in [0.717, 1.165) is 20.0 Å². The zero-order valence-corrected chi connectivity index (χ0v) is 11.8. The Morgan fingerprint density at radius 1 is 1.24 bits per heavy atom. The molecule has 0 radical (unpaired) electrons. The summed E-state index contributed by atoms with van der Waals surface area (Å²) in [5, 5.41) is 0.967. The maximum absolute atomic E-state index is 5.94. The molecule has 0 aliphatic carbocycles. The van der Waals surface area contributed by atoms with Crippen LogP contribution in [0.25, 0.3) is 0 Å². The summed E-state index contributed by atoms with van der Waals surface area (Å²) in [5.74, 6) is 0. The maximum Gasteiger partial charge on any atom is 0.106 e. The van der Waals surface area contributed by atoms with E-state index in [9.17, 15) is 0 Å². The van der Waals surface area contributed by atoms with Gasteiger partial charge in [0.05, 0.1) is 0 Å². The lowest BCUT2D eigenvalue weighted by molar-refractivity contribution is 0.779. The van der Waals surface area contributed by atoms with Crippen molar-refractivity contribution in [3.05, 3.63) is 52.6 Å². The second-order valence-corrected chi connectivity index (χ2v) is 5.60. The summed E-state index contributed by atoms with van der Waals surface area (Å²) in [6.07, 6.45) is 1.80. The van der Waals surface area contributed by atoms with Crippen LogP contribution in [0.1, 0.15) is 18.5 Å². The van der Waals surface area contributed by atoms with Gasteiger partial charge < -0.3 is 5.73 Å². The highest BCUT2D eigenvalue weighted by Gasteiger charge is 2.10. The summed E-state index contributed by atoms with van der Waals surface area (Å²) >= 11 is 5.17. The van der Waals surface area contributed by atoms with Crippen molar-refractivity contribution in [3.63, 3.8) is 0 Å². The number of nitrogens with zero attached hydrogens (tertiary/aromatic N) is 1. The Labute approximate surface area is 114 Å². The quantitative estimate of drug-likeness (QED) is 0.931. The van der Waals surface area contributed by atoms with E-state index in [1.807, 2.05) is 37.3 Å². The molecule has 2 N–H and O–H groups in total. The zero-order valence-electron chi connectivity index (χ0n) is 9.43. The van der Waals surface area contributed by atoms with Crippen molar-refractivity contribution in [2.75, 3.05) is 0 Å². The van der Waals surface area contributed by atoms with Crippen molar-refractivity contribution in [1.82, 2.24) is 4.98 Å². The van der Waals surface area contributed by atoms with E-state index >= 15 is 0 Å². The fourth-order valence-corrected chi connectivity index (χ4v) is 3.00. The number of aromatic nitrogens is 1. The first kappa shape index (κ1) is 12.6. The van der Waals surface area contributed by atoms with Gasteiger partial charge in [0, 0.05) is 27.2 Å². The van der Waals surface area contributed by atoms with Crippen LogP contribution in [-0.4, -0.2) is 4.98 Å². The standard InChI is InChI=1S/C13H13BrN2S/c1-9(15)10-5-4-8-16-13(10)17-12-7-3-2-6-11(12)14/h2-9H,15H2,1H3/t9-/m1/s1. The largest absolute Gasteiger partial charge is 0.324 e. The molecule has 0 aliphatic heterocycles. The van der Waals surface area contributed by atoms with Crippen molar-refractivity contribution in [1.29, 1.82) is 0 Å². The Balaban J connectivity index is 2.34. The third-order valence-corrected chi connectivity index (χ3v) is 4.40. The lowest BCUT2D eigenvalue weighted by Gasteiger charge is -2.11. The topological polar surface area (TPSA) is 38.9 Å². The molecule has 1 heterocycles. The Hall–Kier alpha value is -0.840. The smallest absolute Gasteiger partial charge is 0.106 e. The summed E-state index contributed by atoms with van der Waals surface area (Å²) in [6.45, 7) is 1.97. The molecule has 1 aromatic carbocycles. The van der Waals surface area contributed by atoms with Gasteiger partial charge in [0.2, 0.25) is 0 Å².